The Morgan fingerprint density at radius 2 is 1.69 bits per heavy atom. The number of anilines is 2. The van der Waals surface area contributed by atoms with Crippen LogP contribution < -0.4 is 10.2 Å². The van der Waals surface area contributed by atoms with E-state index in [1.54, 1.807) is 4.90 Å². The van der Waals surface area contributed by atoms with Crippen molar-refractivity contribution in [1.82, 2.24) is 0 Å². The number of para-hydroxylation sites is 1. The monoisotopic (exact) mass is 394 g/mol. The standard InChI is InChI=1S/C23H26N2O4/c1-14-8-10-19(11-9-14)25-13-18(12-20(25)26)23(28)29-17(4)22(27)24-21-15(2)6-5-7-16(21)3/h5-11,17-18H,12-13H2,1-4H3,(H,24,27)/t17-,18+/m1/s1. The van der Waals surface area contributed by atoms with E-state index in [9.17, 15) is 14.4 Å². The van der Waals surface area contributed by atoms with Crippen molar-refractivity contribution < 1.29 is 19.1 Å². The fourth-order valence-corrected chi connectivity index (χ4v) is 3.40. The molecular formula is C23H26N2O4. The van der Waals surface area contributed by atoms with E-state index in [4.69, 9.17) is 4.74 Å². The van der Waals surface area contributed by atoms with Gasteiger partial charge in [-0.1, -0.05) is 35.9 Å². The highest BCUT2D eigenvalue weighted by molar-refractivity contribution is 6.00. The van der Waals surface area contributed by atoms with Crippen LogP contribution in [0.1, 0.15) is 30.0 Å². The molecule has 1 N–H and O–H groups in total. The first kappa shape index (κ1) is 20.6. The largest absolute Gasteiger partial charge is 0.452 e. The normalized spacial score (nSPS) is 17.2. The number of benzene rings is 2. The first-order chi connectivity index (χ1) is 13.8. The topological polar surface area (TPSA) is 75.7 Å². The lowest BCUT2D eigenvalue weighted by Crippen LogP contribution is -2.33. The Balaban J connectivity index is 1.60. The molecule has 29 heavy (non-hydrogen) atoms. The van der Waals surface area contributed by atoms with Gasteiger partial charge in [0.05, 0.1) is 5.92 Å². The average Bonchev–Trinajstić information content (AvgIpc) is 3.07. The molecule has 2 aromatic rings. The first-order valence-electron chi connectivity index (χ1n) is 9.71. The van der Waals surface area contributed by atoms with Crippen LogP contribution in [0.3, 0.4) is 0 Å². The molecule has 0 bridgehead atoms. The van der Waals surface area contributed by atoms with Gasteiger partial charge in [-0.25, -0.2) is 0 Å². The number of esters is 1. The van der Waals surface area contributed by atoms with Crippen molar-refractivity contribution in [2.24, 2.45) is 5.92 Å². The zero-order valence-corrected chi connectivity index (χ0v) is 17.2. The lowest BCUT2D eigenvalue weighted by atomic mass is 10.1. The number of aryl methyl sites for hydroxylation is 3. The summed E-state index contributed by atoms with van der Waals surface area (Å²) in [5.74, 6) is -1.63. The SMILES string of the molecule is Cc1ccc(N2C[C@@H](C(=O)O[C@H](C)C(=O)Nc3c(C)cccc3C)CC2=O)cc1. The summed E-state index contributed by atoms with van der Waals surface area (Å²) in [7, 11) is 0. The van der Waals surface area contributed by atoms with Crippen LogP contribution in [-0.2, 0) is 19.1 Å². The van der Waals surface area contributed by atoms with Gasteiger partial charge >= 0.3 is 5.97 Å². The summed E-state index contributed by atoms with van der Waals surface area (Å²) in [6.45, 7) is 7.58. The molecule has 6 heteroatoms. The van der Waals surface area contributed by atoms with Crippen molar-refractivity contribution >= 4 is 29.2 Å². The molecule has 2 aromatic carbocycles. The third-order valence-corrected chi connectivity index (χ3v) is 5.20. The van der Waals surface area contributed by atoms with E-state index in [1.165, 1.54) is 6.92 Å². The van der Waals surface area contributed by atoms with Crippen molar-refractivity contribution in [1.29, 1.82) is 0 Å². The Bertz CT molecular complexity index is 916. The maximum Gasteiger partial charge on any atom is 0.312 e. The van der Waals surface area contributed by atoms with Crippen molar-refractivity contribution in [3.05, 3.63) is 59.2 Å². The minimum absolute atomic E-state index is 0.0813. The third-order valence-electron chi connectivity index (χ3n) is 5.20. The lowest BCUT2D eigenvalue weighted by molar-refractivity contribution is -0.157. The van der Waals surface area contributed by atoms with Crippen molar-refractivity contribution in [3.8, 4) is 0 Å². The van der Waals surface area contributed by atoms with Crippen LogP contribution in [0.25, 0.3) is 0 Å². The van der Waals surface area contributed by atoms with Crippen LogP contribution in [-0.4, -0.2) is 30.4 Å². The molecule has 152 valence electrons. The van der Waals surface area contributed by atoms with Gasteiger partial charge in [-0.05, 0) is 51.0 Å². The number of hydrogen-bond acceptors (Lipinski definition) is 4. The summed E-state index contributed by atoms with van der Waals surface area (Å²) in [5, 5.41) is 2.83. The molecule has 1 heterocycles. The zero-order chi connectivity index (χ0) is 21.1. The van der Waals surface area contributed by atoms with E-state index in [0.29, 0.717) is 0 Å². The highest BCUT2D eigenvalue weighted by atomic mass is 16.5. The highest BCUT2D eigenvalue weighted by Gasteiger charge is 2.37. The summed E-state index contributed by atoms with van der Waals surface area (Å²) >= 11 is 0. The Hall–Kier alpha value is -3.15. The van der Waals surface area contributed by atoms with Gasteiger partial charge in [0.2, 0.25) is 5.91 Å². The predicted molar refractivity (Wildman–Crippen MR) is 112 cm³/mol. The summed E-state index contributed by atoms with van der Waals surface area (Å²) < 4.78 is 5.37. The zero-order valence-electron chi connectivity index (χ0n) is 17.2. The van der Waals surface area contributed by atoms with Gasteiger partial charge in [0.1, 0.15) is 0 Å². The molecule has 2 amide bonds. The van der Waals surface area contributed by atoms with E-state index in [-0.39, 0.29) is 18.9 Å². The maximum absolute atomic E-state index is 12.5. The molecular weight excluding hydrogens is 368 g/mol. The second-order valence-electron chi connectivity index (χ2n) is 7.58. The third kappa shape index (κ3) is 4.65. The number of carbonyl (C=O) groups is 3. The van der Waals surface area contributed by atoms with E-state index < -0.39 is 23.9 Å². The minimum atomic E-state index is -0.954. The van der Waals surface area contributed by atoms with E-state index in [2.05, 4.69) is 5.32 Å². The molecule has 1 saturated heterocycles. The molecule has 3 rings (SSSR count). The van der Waals surface area contributed by atoms with Crippen molar-refractivity contribution in [2.45, 2.75) is 40.2 Å². The molecule has 0 spiro atoms. The van der Waals surface area contributed by atoms with Gasteiger partial charge in [0.25, 0.3) is 5.91 Å². The van der Waals surface area contributed by atoms with Gasteiger partial charge in [-0.2, -0.15) is 0 Å². The number of amides is 2. The number of rotatable bonds is 5. The second kappa shape index (κ2) is 8.47. The Morgan fingerprint density at radius 3 is 2.31 bits per heavy atom. The number of nitrogens with zero attached hydrogens (tertiary/aromatic N) is 1. The van der Waals surface area contributed by atoms with Crippen LogP contribution in [0, 0.1) is 26.7 Å². The van der Waals surface area contributed by atoms with Crippen molar-refractivity contribution in [2.75, 3.05) is 16.8 Å². The van der Waals surface area contributed by atoms with Crippen LogP contribution >= 0.6 is 0 Å². The molecule has 1 aliphatic rings. The molecule has 1 aliphatic heterocycles. The summed E-state index contributed by atoms with van der Waals surface area (Å²) in [4.78, 5) is 39.0. The van der Waals surface area contributed by atoms with Crippen molar-refractivity contribution in [3.63, 3.8) is 0 Å². The predicted octanol–water partition coefficient (Wildman–Crippen LogP) is 3.54. The van der Waals surface area contributed by atoms with Gasteiger partial charge in [-0.3, -0.25) is 14.4 Å². The molecule has 0 aromatic heterocycles. The summed E-state index contributed by atoms with van der Waals surface area (Å²) in [5.41, 5.74) is 4.46. The van der Waals surface area contributed by atoms with Crippen LogP contribution in [0.15, 0.2) is 42.5 Å². The second-order valence-corrected chi connectivity index (χ2v) is 7.58. The molecule has 1 fully saturated rings. The van der Waals surface area contributed by atoms with E-state index >= 15 is 0 Å². The molecule has 0 unspecified atom stereocenters. The molecule has 2 atom stereocenters. The fraction of sp³-hybridized carbons (Fsp3) is 0.348. The molecule has 0 radical (unpaired) electrons. The van der Waals surface area contributed by atoms with E-state index in [1.807, 2.05) is 63.2 Å². The minimum Gasteiger partial charge on any atom is -0.452 e. The van der Waals surface area contributed by atoms with E-state index in [0.717, 1.165) is 28.1 Å². The Labute approximate surface area is 170 Å². The van der Waals surface area contributed by atoms with Gasteiger partial charge in [0, 0.05) is 24.3 Å². The van der Waals surface area contributed by atoms with Crippen LogP contribution in [0.5, 0.6) is 0 Å². The highest BCUT2D eigenvalue weighted by Crippen LogP contribution is 2.26. The summed E-state index contributed by atoms with van der Waals surface area (Å²) in [6.07, 6.45) is -0.872. The first-order valence-corrected chi connectivity index (χ1v) is 9.71. The van der Waals surface area contributed by atoms with Gasteiger partial charge in [0.15, 0.2) is 6.10 Å². The smallest absolute Gasteiger partial charge is 0.312 e. The van der Waals surface area contributed by atoms with Crippen LogP contribution in [0.4, 0.5) is 11.4 Å². The molecule has 6 nitrogen and oxygen atoms in total. The molecule has 0 saturated carbocycles. The fourth-order valence-electron chi connectivity index (χ4n) is 3.40. The maximum atomic E-state index is 12.5. The summed E-state index contributed by atoms with van der Waals surface area (Å²) in [6, 6.07) is 13.3. The number of carbonyl (C=O) groups excluding carboxylic acids is 3. The quantitative estimate of drug-likeness (QED) is 0.787. The lowest BCUT2D eigenvalue weighted by Gasteiger charge is -2.19. The molecule has 0 aliphatic carbocycles. The van der Waals surface area contributed by atoms with Gasteiger partial charge < -0.3 is 15.0 Å². The number of hydrogen-bond donors (Lipinski definition) is 1. The number of nitrogens with one attached hydrogen (secondary N) is 1. The van der Waals surface area contributed by atoms with Crippen LogP contribution in [0.2, 0.25) is 0 Å². The van der Waals surface area contributed by atoms with Gasteiger partial charge in [-0.15, -0.1) is 0 Å². The Kier molecular flexibility index (Phi) is 6.01. The Morgan fingerprint density at radius 1 is 1.07 bits per heavy atom. The average molecular weight is 394 g/mol. The number of ether oxygens (including phenoxy) is 1.